The highest BCUT2D eigenvalue weighted by Crippen LogP contribution is 2.37. The smallest absolute Gasteiger partial charge is 0.126 e. The highest BCUT2D eigenvalue weighted by Gasteiger charge is 2.26. The first-order valence-electron chi connectivity index (χ1n) is 6.88. The fourth-order valence-corrected chi connectivity index (χ4v) is 2.88. The lowest BCUT2D eigenvalue weighted by molar-refractivity contribution is 0.194. The molecule has 1 aliphatic heterocycles. The van der Waals surface area contributed by atoms with Gasteiger partial charge in [0.15, 0.2) is 0 Å². The lowest BCUT2D eigenvalue weighted by Gasteiger charge is -2.25. The minimum Gasteiger partial charge on any atom is -0.496 e. The topological polar surface area (TPSA) is 52.9 Å². The van der Waals surface area contributed by atoms with E-state index < -0.39 is 6.10 Å². The normalized spacial score (nSPS) is 20.6. The molecule has 4 heteroatoms. The Hall–Kier alpha value is -1.26. The number of rotatable bonds is 5. The molecule has 2 N–H and O–H groups in total. The molecule has 0 radical (unpaired) electrons. The number of anilines is 1. The second-order valence-electron chi connectivity index (χ2n) is 5.18. The van der Waals surface area contributed by atoms with Gasteiger partial charge >= 0.3 is 0 Å². The van der Waals surface area contributed by atoms with Gasteiger partial charge in [0.1, 0.15) is 5.75 Å². The first-order valence-corrected chi connectivity index (χ1v) is 6.88. The van der Waals surface area contributed by atoms with E-state index in [-0.39, 0.29) is 6.61 Å². The largest absolute Gasteiger partial charge is 0.496 e. The van der Waals surface area contributed by atoms with E-state index in [4.69, 9.17) is 9.84 Å². The third kappa shape index (κ3) is 3.01. The van der Waals surface area contributed by atoms with Crippen molar-refractivity contribution < 1.29 is 14.9 Å². The van der Waals surface area contributed by atoms with Crippen LogP contribution in [0, 0.1) is 5.92 Å². The van der Waals surface area contributed by atoms with Gasteiger partial charge in [-0.25, -0.2) is 0 Å². The van der Waals surface area contributed by atoms with Crippen LogP contribution < -0.4 is 9.64 Å². The molecular formula is C15H23NO3. The Morgan fingerprint density at radius 3 is 2.89 bits per heavy atom. The van der Waals surface area contributed by atoms with Crippen molar-refractivity contribution in [1.82, 2.24) is 0 Å². The maximum Gasteiger partial charge on any atom is 0.126 e. The van der Waals surface area contributed by atoms with Gasteiger partial charge < -0.3 is 19.8 Å². The van der Waals surface area contributed by atoms with E-state index in [0.29, 0.717) is 5.92 Å². The molecular weight excluding hydrogens is 242 g/mol. The van der Waals surface area contributed by atoms with Crippen LogP contribution in [0.15, 0.2) is 18.2 Å². The summed E-state index contributed by atoms with van der Waals surface area (Å²) in [5.41, 5.74) is 1.91. The summed E-state index contributed by atoms with van der Waals surface area (Å²) in [4.78, 5) is 2.28. The van der Waals surface area contributed by atoms with Gasteiger partial charge in [-0.1, -0.05) is 6.07 Å². The molecule has 0 aliphatic carbocycles. The van der Waals surface area contributed by atoms with Crippen LogP contribution in [-0.2, 0) is 0 Å². The van der Waals surface area contributed by atoms with Gasteiger partial charge in [-0.05, 0) is 37.8 Å². The molecule has 1 unspecified atom stereocenters. The summed E-state index contributed by atoms with van der Waals surface area (Å²) in [6, 6.07) is 5.87. The Kier molecular flexibility index (Phi) is 4.66. The zero-order chi connectivity index (χ0) is 13.8. The lowest BCUT2D eigenvalue weighted by atomic mass is 10.0. The monoisotopic (exact) mass is 265 g/mol. The standard InChI is InChI=1S/C15H23NO3/c1-11(18)15-13(4-3-5-14(15)19-2)16-8-6-12(10-16)7-9-17/h3-5,11-12,17-18H,6-10H2,1-2H3/t11-,12?/m1/s1. The van der Waals surface area contributed by atoms with Gasteiger partial charge in [-0.2, -0.15) is 0 Å². The van der Waals surface area contributed by atoms with E-state index in [1.54, 1.807) is 14.0 Å². The maximum absolute atomic E-state index is 10.00. The van der Waals surface area contributed by atoms with Crippen LogP contribution in [0.25, 0.3) is 0 Å². The first kappa shape index (κ1) is 14.2. The minimum atomic E-state index is -0.553. The zero-order valence-electron chi connectivity index (χ0n) is 11.7. The van der Waals surface area contributed by atoms with Crippen LogP contribution in [0.5, 0.6) is 5.75 Å². The highest BCUT2D eigenvalue weighted by molar-refractivity contribution is 5.61. The molecule has 1 fully saturated rings. The second kappa shape index (κ2) is 6.26. The zero-order valence-corrected chi connectivity index (χ0v) is 11.7. The summed E-state index contributed by atoms with van der Waals surface area (Å²) < 4.78 is 5.35. The van der Waals surface area contributed by atoms with Gasteiger partial charge in [0.05, 0.1) is 13.2 Å². The molecule has 0 aromatic heterocycles. The van der Waals surface area contributed by atoms with Crippen molar-refractivity contribution in [3.05, 3.63) is 23.8 Å². The Labute approximate surface area is 114 Å². The first-order chi connectivity index (χ1) is 9.17. The van der Waals surface area contributed by atoms with E-state index in [1.165, 1.54) is 0 Å². The molecule has 0 bridgehead atoms. The lowest BCUT2D eigenvalue weighted by Crippen LogP contribution is -2.22. The van der Waals surface area contributed by atoms with Crippen molar-refractivity contribution in [2.24, 2.45) is 5.92 Å². The Balaban J connectivity index is 2.25. The van der Waals surface area contributed by atoms with Crippen LogP contribution in [-0.4, -0.2) is 37.0 Å². The number of benzene rings is 1. The van der Waals surface area contributed by atoms with Crippen molar-refractivity contribution in [2.75, 3.05) is 31.7 Å². The van der Waals surface area contributed by atoms with Gasteiger partial charge in [0.2, 0.25) is 0 Å². The van der Waals surface area contributed by atoms with Gasteiger partial charge in [0.25, 0.3) is 0 Å². The number of nitrogens with zero attached hydrogens (tertiary/aromatic N) is 1. The number of methoxy groups -OCH3 is 1. The quantitative estimate of drug-likeness (QED) is 0.854. The minimum absolute atomic E-state index is 0.250. The number of aliphatic hydroxyl groups is 2. The molecule has 0 amide bonds. The predicted molar refractivity (Wildman–Crippen MR) is 75.7 cm³/mol. The number of hydrogen-bond donors (Lipinski definition) is 2. The molecule has 1 heterocycles. The van der Waals surface area contributed by atoms with Gasteiger partial charge in [0, 0.05) is 30.9 Å². The summed E-state index contributed by atoms with van der Waals surface area (Å²) >= 11 is 0. The van der Waals surface area contributed by atoms with Crippen LogP contribution in [0.4, 0.5) is 5.69 Å². The number of ether oxygens (including phenoxy) is 1. The van der Waals surface area contributed by atoms with Gasteiger partial charge in [-0.3, -0.25) is 0 Å². The summed E-state index contributed by atoms with van der Waals surface area (Å²) in [5, 5.41) is 19.0. The number of aliphatic hydroxyl groups excluding tert-OH is 2. The molecule has 1 saturated heterocycles. The summed E-state index contributed by atoms with van der Waals surface area (Å²) in [7, 11) is 1.63. The molecule has 1 aliphatic rings. The van der Waals surface area contributed by atoms with Crippen molar-refractivity contribution in [3.63, 3.8) is 0 Å². The predicted octanol–water partition coefficient (Wildman–Crippen LogP) is 1.96. The number of hydrogen-bond acceptors (Lipinski definition) is 4. The van der Waals surface area contributed by atoms with Crippen molar-refractivity contribution in [2.45, 2.75) is 25.9 Å². The van der Waals surface area contributed by atoms with Crippen LogP contribution in [0.2, 0.25) is 0 Å². The second-order valence-corrected chi connectivity index (χ2v) is 5.18. The van der Waals surface area contributed by atoms with Crippen molar-refractivity contribution in [3.8, 4) is 5.75 Å². The van der Waals surface area contributed by atoms with Crippen molar-refractivity contribution in [1.29, 1.82) is 0 Å². The fraction of sp³-hybridized carbons (Fsp3) is 0.600. The van der Waals surface area contributed by atoms with E-state index in [1.807, 2.05) is 18.2 Å². The van der Waals surface area contributed by atoms with Crippen LogP contribution in [0.3, 0.4) is 0 Å². The van der Waals surface area contributed by atoms with E-state index >= 15 is 0 Å². The van der Waals surface area contributed by atoms with Crippen LogP contribution in [0.1, 0.15) is 31.4 Å². The molecule has 1 aromatic rings. The van der Waals surface area contributed by atoms with E-state index in [0.717, 1.165) is 42.9 Å². The third-order valence-corrected chi connectivity index (χ3v) is 3.84. The van der Waals surface area contributed by atoms with E-state index in [9.17, 15) is 5.11 Å². The Morgan fingerprint density at radius 2 is 2.26 bits per heavy atom. The summed E-state index contributed by atoms with van der Waals surface area (Å²) in [5.74, 6) is 1.27. The molecule has 2 atom stereocenters. The Morgan fingerprint density at radius 1 is 1.47 bits per heavy atom. The SMILES string of the molecule is COc1cccc(N2CCC(CCO)C2)c1[C@@H](C)O. The van der Waals surface area contributed by atoms with Crippen LogP contribution >= 0.6 is 0 Å². The molecule has 0 spiro atoms. The van der Waals surface area contributed by atoms with Gasteiger partial charge in [-0.15, -0.1) is 0 Å². The molecule has 2 rings (SSSR count). The van der Waals surface area contributed by atoms with E-state index in [2.05, 4.69) is 4.90 Å². The molecule has 4 nitrogen and oxygen atoms in total. The fourth-order valence-electron chi connectivity index (χ4n) is 2.88. The molecule has 1 aromatic carbocycles. The molecule has 0 saturated carbocycles. The summed E-state index contributed by atoms with van der Waals surface area (Å²) in [6.45, 7) is 3.92. The third-order valence-electron chi connectivity index (χ3n) is 3.84. The highest BCUT2D eigenvalue weighted by atomic mass is 16.5. The molecule has 106 valence electrons. The van der Waals surface area contributed by atoms with Crippen molar-refractivity contribution >= 4 is 5.69 Å². The maximum atomic E-state index is 10.00. The average Bonchev–Trinajstić information content (AvgIpc) is 2.86. The molecule has 19 heavy (non-hydrogen) atoms. The Bertz CT molecular complexity index is 420. The summed E-state index contributed by atoms with van der Waals surface area (Å²) in [6.07, 6.45) is 1.39. The average molecular weight is 265 g/mol.